The van der Waals surface area contributed by atoms with Gasteiger partial charge in [-0.05, 0) is 61.2 Å². The average Bonchev–Trinajstić information content (AvgIpc) is 3.23. The number of nitrogens with one attached hydrogen (secondary N) is 1. The summed E-state index contributed by atoms with van der Waals surface area (Å²) in [5, 5.41) is 12.5. The van der Waals surface area contributed by atoms with Gasteiger partial charge in [0, 0.05) is 31.4 Å². The van der Waals surface area contributed by atoms with Crippen LogP contribution in [0.15, 0.2) is 53.0 Å². The van der Waals surface area contributed by atoms with Crippen LogP contribution < -0.4 is 5.32 Å². The van der Waals surface area contributed by atoms with Gasteiger partial charge < -0.3 is 14.8 Å². The van der Waals surface area contributed by atoms with Crippen LogP contribution in [0, 0.1) is 5.92 Å². The number of rotatable bonds is 10. The second-order valence-corrected chi connectivity index (χ2v) is 10.5. The molecule has 0 spiro atoms. The first-order valence-corrected chi connectivity index (χ1v) is 12.6. The number of pyridine rings is 1. The number of allylic oxidation sites excluding steroid dienone is 1. The maximum atomic E-state index is 12.0. The van der Waals surface area contributed by atoms with E-state index < -0.39 is 21.5 Å². The van der Waals surface area contributed by atoms with Gasteiger partial charge in [0.25, 0.3) is 0 Å². The van der Waals surface area contributed by atoms with Crippen molar-refractivity contribution in [1.29, 1.82) is 0 Å². The van der Waals surface area contributed by atoms with Crippen LogP contribution in [0.1, 0.15) is 36.8 Å². The molecule has 2 aromatic rings. The highest BCUT2D eigenvalue weighted by Gasteiger charge is 2.19. The lowest BCUT2D eigenvalue weighted by atomic mass is 10.00. The third kappa shape index (κ3) is 8.12. The zero-order valence-electron chi connectivity index (χ0n) is 18.4. The van der Waals surface area contributed by atoms with Crippen molar-refractivity contribution in [3.05, 3.63) is 65.6 Å². The molecule has 1 atom stereocenters. The Hall–Kier alpha value is -2.65. The van der Waals surface area contributed by atoms with Crippen LogP contribution in [0.25, 0.3) is 0 Å². The fourth-order valence-electron chi connectivity index (χ4n) is 3.82. The number of amides is 1. The van der Waals surface area contributed by atoms with Crippen LogP contribution in [-0.2, 0) is 33.4 Å². The highest BCUT2D eigenvalue weighted by atomic mass is 32.2. The Bertz CT molecular complexity index is 1020. The first kappa shape index (κ1) is 24.0. The van der Waals surface area contributed by atoms with Crippen LogP contribution in [0.3, 0.4) is 0 Å². The van der Waals surface area contributed by atoms with Gasteiger partial charge in [0.15, 0.2) is 9.84 Å². The van der Waals surface area contributed by atoms with Crippen LogP contribution >= 0.6 is 0 Å². The molecule has 2 aromatic heterocycles. The van der Waals surface area contributed by atoms with Gasteiger partial charge in [0.05, 0.1) is 12.8 Å². The van der Waals surface area contributed by atoms with Gasteiger partial charge in [-0.1, -0.05) is 6.92 Å². The van der Waals surface area contributed by atoms with E-state index >= 15 is 0 Å². The van der Waals surface area contributed by atoms with E-state index in [1.165, 1.54) is 24.7 Å². The summed E-state index contributed by atoms with van der Waals surface area (Å²) in [7, 11) is -3.65. The maximum Gasteiger partial charge on any atom is 0.235 e. The van der Waals surface area contributed by atoms with Gasteiger partial charge in [-0.25, -0.2) is 8.42 Å². The van der Waals surface area contributed by atoms with Crippen molar-refractivity contribution in [1.82, 2.24) is 15.2 Å². The number of carbonyl (C=O) groups excluding carboxylic acids is 1. The molecule has 1 amide bonds. The third-order valence-electron chi connectivity index (χ3n) is 5.34. The topological polar surface area (TPSA) is 113 Å². The van der Waals surface area contributed by atoms with Crippen molar-refractivity contribution in [2.45, 2.75) is 38.5 Å². The molecule has 9 heteroatoms. The van der Waals surface area contributed by atoms with Crippen molar-refractivity contribution in [3.63, 3.8) is 0 Å². The Balaban J connectivity index is 1.44. The minimum Gasteiger partial charge on any atom is -0.511 e. The monoisotopic (exact) mass is 461 g/mol. The Morgan fingerprint density at radius 2 is 2.25 bits per heavy atom. The molecule has 1 aliphatic heterocycles. The summed E-state index contributed by atoms with van der Waals surface area (Å²) >= 11 is 0. The number of carbonyl (C=O) groups is 1. The molecule has 1 fully saturated rings. The third-order valence-corrected chi connectivity index (χ3v) is 6.76. The summed E-state index contributed by atoms with van der Waals surface area (Å²) < 4.78 is 29.1. The highest BCUT2D eigenvalue weighted by molar-refractivity contribution is 7.91. The number of nitrogens with zero attached hydrogens (tertiary/aromatic N) is 2. The number of furan rings is 1. The SMILES string of the molecule is CC1CCCN(Cc2ccnc(CC=C(O)CNC(=O)CS(=O)(=O)Cc3ccco3)c2)C1. The molecule has 2 N–H and O–H groups in total. The average molecular weight is 462 g/mol. The van der Waals surface area contributed by atoms with E-state index in [9.17, 15) is 18.3 Å². The van der Waals surface area contributed by atoms with Crippen LogP contribution in [-0.4, -0.2) is 54.7 Å². The second kappa shape index (κ2) is 11.3. The molecule has 32 heavy (non-hydrogen) atoms. The first-order chi connectivity index (χ1) is 15.3. The number of sulfone groups is 1. The largest absolute Gasteiger partial charge is 0.511 e. The predicted octanol–water partition coefficient (Wildman–Crippen LogP) is 2.62. The van der Waals surface area contributed by atoms with E-state index in [2.05, 4.69) is 22.1 Å². The Morgan fingerprint density at radius 3 is 3.00 bits per heavy atom. The summed E-state index contributed by atoms with van der Waals surface area (Å²) in [5.41, 5.74) is 2.01. The standard InChI is InChI=1S/C23H31N3O5S/c1-18-4-2-10-26(14-18)15-19-8-9-24-20(12-19)6-7-21(27)13-25-23(28)17-32(29,30)16-22-5-3-11-31-22/h3,5,7-9,11-12,18,27H,2,4,6,10,13-17H2,1H3,(H,25,28). The molecule has 1 aliphatic rings. The normalized spacial score (nSPS) is 17.9. The van der Waals surface area contributed by atoms with Crippen molar-refractivity contribution >= 4 is 15.7 Å². The molecule has 8 nitrogen and oxygen atoms in total. The molecule has 1 saturated heterocycles. The van der Waals surface area contributed by atoms with E-state index in [4.69, 9.17) is 4.42 Å². The van der Waals surface area contributed by atoms with Gasteiger partial charge in [0.2, 0.25) is 5.91 Å². The van der Waals surface area contributed by atoms with Crippen LogP contribution in [0.5, 0.6) is 0 Å². The minimum atomic E-state index is -3.65. The van der Waals surface area contributed by atoms with E-state index in [1.807, 2.05) is 12.1 Å². The summed E-state index contributed by atoms with van der Waals surface area (Å²) in [4.78, 5) is 18.7. The number of hydrogen-bond donors (Lipinski definition) is 2. The molecule has 0 saturated carbocycles. The van der Waals surface area contributed by atoms with Crippen LogP contribution in [0.4, 0.5) is 0 Å². The fourth-order valence-corrected chi connectivity index (χ4v) is 5.02. The van der Waals surface area contributed by atoms with Crippen LogP contribution in [0.2, 0.25) is 0 Å². The predicted molar refractivity (Wildman–Crippen MR) is 122 cm³/mol. The quantitative estimate of drug-likeness (QED) is 0.523. The molecule has 1 unspecified atom stereocenters. The molecule has 3 heterocycles. The molecular formula is C23H31N3O5S. The number of aromatic nitrogens is 1. The second-order valence-electron chi connectivity index (χ2n) is 8.43. The van der Waals surface area contributed by atoms with Gasteiger partial charge in [-0.2, -0.15) is 0 Å². The fraction of sp³-hybridized carbons (Fsp3) is 0.478. The lowest BCUT2D eigenvalue weighted by Gasteiger charge is -2.30. The highest BCUT2D eigenvalue weighted by Crippen LogP contribution is 2.18. The summed E-state index contributed by atoms with van der Waals surface area (Å²) in [5.74, 6) is -0.718. The molecule has 0 bridgehead atoms. The zero-order chi connectivity index (χ0) is 23.0. The zero-order valence-corrected chi connectivity index (χ0v) is 19.2. The summed E-state index contributed by atoms with van der Waals surface area (Å²) in [6, 6.07) is 7.17. The minimum absolute atomic E-state index is 0.0427. The molecule has 3 rings (SSSR count). The lowest BCUT2D eigenvalue weighted by molar-refractivity contribution is -0.118. The van der Waals surface area contributed by atoms with Crippen molar-refractivity contribution in [3.8, 4) is 0 Å². The van der Waals surface area contributed by atoms with E-state index in [-0.39, 0.29) is 23.8 Å². The lowest BCUT2D eigenvalue weighted by Crippen LogP contribution is -2.33. The molecule has 0 aromatic carbocycles. The van der Waals surface area contributed by atoms with Gasteiger partial charge >= 0.3 is 0 Å². The number of hydrogen-bond acceptors (Lipinski definition) is 7. The van der Waals surface area contributed by atoms with Gasteiger partial charge in [0.1, 0.15) is 23.0 Å². The molecular weight excluding hydrogens is 430 g/mol. The number of aliphatic hydroxyl groups is 1. The van der Waals surface area contributed by atoms with E-state index in [0.717, 1.165) is 31.2 Å². The van der Waals surface area contributed by atoms with Crippen molar-refractivity contribution in [2.75, 3.05) is 25.4 Å². The number of piperidine rings is 1. The van der Waals surface area contributed by atoms with Crippen molar-refractivity contribution in [2.24, 2.45) is 5.92 Å². The number of aliphatic hydroxyl groups excluding tert-OH is 1. The smallest absolute Gasteiger partial charge is 0.235 e. The molecule has 174 valence electrons. The molecule has 0 aliphatic carbocycles. The number of likely N-dealkylation sites (tertiary alicyclic amines) is 1. The van der Waals surface area contributed by atoms with Gasteiger partial charge in [-0.3, -0.25) is 14.7 Å². The van der Waals surface area contributed by atoms with Gasteiger partial charge in [-0.15, -0.1) is 0 Å². The summed E-state index contributed by atoms with van der Waals surface area (Å²) in [6.45, 7) is 5.25. The van der Waals surface area contributed by atoms with Crippen molar-refractivity contribution < 1.29 is 22.7 Å². The van der Waals surface area contributed by atoms with E-state index in [1.54, 1.807) is 24.4 Å². The Morgan fingerprint density at radius 1 is 1.41 bits per heavy atom. The Labute approximate surface area is 189 Å². The Kier molecular flexibility index (Phi) is 8.46. The van der Waals surface area contributed by atoms with E-state index in [0.29, 0.717) is 6.42 Å². The molecule has 0 radical (unpaired) electrons. The first-order valence-electron chi connectivity index (χ1n) is 10.8. The summed E-state index contributed by atoms with van der Waals surface area (Å²) in [6.07, 6.45) is 7.66. The maximum absolute atomic E-state index is 12.0.